The van der Waals surface area contributed by atoms with Crippen LogP contribution in [0.25, 0.3) is 10.2 Å². The van der Waals surface area contributed by atoms with Gasteiger partial charge in [-0.05, 0) is 36.6 Å². The highest BCUT2D eigenvalue weighted by Gasteiger charge is 2.38. The van der Waals surface area contributed by atoms with Gasteiger partial charge in [0.25, 0.3) is 11.8 Å². The quantitative estimate of drug-likeness (QED) is 0.609. The molecule has 2 amide bonds. The molecule has 0 bridgehead atoms. The second-order valence-electron chi connectivity index (χ2n) is 7.07. The predicted octanol–water partition coefficient (Wildman–Crippen LogP) is 3.12. The fourth-order valence-corrected chi connectivity index (χ4v) is 5.00. The fourth-order valence-electron chi connectivity index (χ4n) is 3.88. The Morgan fingerprint density at radius 3 is 2.82 bits per heavy atom. The number of nitrogens with zero attached hydrogens (tertiary/aromatic N) is 1. The number of aliphatic hydroxyl groups excluding tert-OH is 1. The van der Waals surface area contributed by atoms with Crippen molar-refractivity contribution in [3.63, 3.8) is 0 Å². The van der Waals surface area contributed by atoms with E-state index in [2.05, 4.69) is 10.3 Å². The summed E-state index contributed by atoms with van der Waals surface area (Å²) in [5.74, 6) is -0.615. The molecule has 0 aliphatic heterocycles. The van der Waals surface area contributed by atoms with Crippen LogP contribution in [0.4, 0.5) is 0 Å². The Morgan fingerprint density at radius 2 is 2.11 bits per heavy atom. The molecule has 3 N–H and O–H groups in total. The first-order chi connectivity index (χ1) is 13.3. The minimum Gasteiger partial charge on any atom is -0.384 e. The smallest absolute Gasteiger partial charge is 0.268 e. The predicted molar refractivity (Wildman–Crippen MR) is 110 cm³/mol. The van der Waals surface area contributed by atoms with E-state index in [4.69, 9.17) is 11.6 Å². The number of carbonyl (C=O) groups excluding carboxylic acids is 2. The molecule has 1 aliphatic rings. The number of benzene rings is 1. The molecule has 4 rings (SSSR count). The van der Waals surface area contributed by atoms with E-state index in [-0.39, 0.29) is 23.9 Å². The highest BCUT2D eigenvalue weighted by atomic mass is 35.5. The molecule has 146 valence electrons. The van der Waals surface area contributed by atoms with Crippen LogP contribution < -0.4 is 5.32 Å². The number of hydrogen-bond donors (Lipinski definition) is 3. The molecule has 2 aromatic heterocycles. The molecule has 0 radical (unpaired) electrons. The number of amides is 2. The molecule has 28 heavy (non-hydrogen) atoms. The molecule has 1 aliphatic carbocycles. The first kappa shape index (κ1) is 19.0. The van der Waals surface area contributed by atoms with E-state index in [1.807, 2.05) is 30.3 Å². The van der Waals surface area contributed by atoms with Crippen molar-refractivity contribution >= 4 is 45.0 Å². The molecule has 3 aromatic rings. The fraction of sp³-hybridized carbons (Fsp3) is 0.300. The van der Waals surface area contributed by atoms with Crippen molar-refractivity contribution < 1.29 is 14.7 Å². The molecule has 2 heterocycles. The monoisotopic (exact) mass is 417 g/mol. The topological polar surface area (TPSA) is 85.4 Å². The molecular weight excluding hydrogens is 398 g/mol. The summed E-state index contributed by atoms with van der Waals surface area (Å²) in [6.07, 6.45) is -0.487. The molecule has 1 aromatic carbocycles. The van der Waals surface area contributed by atoms with E-state index in [1.165, 1.54) is 23.2 Å². The summed E-state index contributed by atoms with van der Waals surface area (Å²) in [5.41, 5.74) is 2.53. The number of H-pyrrole nitrogens is 1. The normalized spacial score (nSPS) is 19.4. The second kappa shape index (κ2) is 7.24. The summed E-state index contributed by atoms with van der Waals surface area (Å²) in [7, 11) is 1.66. The Bertz CT molecular complexity index is 1030. The minimum atomic E-state index is -1.10. The number of aliphatic hydroxyl groups is 1. The van der Waals surface area contributed by atoms with E-state index < -0.39 is 6.10 Å². The van der Waals surface area contributed by atoms with E-state index in [9.17, 15) is 14.7 Å². The first-order valence-electron chi connectivity index (χ1n) is 8.96. The van der Waals surface area contributed by atoms with E-state index in [0.717, 1.165) is 21.3 Å². The Morgan fingerprint density at radius 1 is 1.36 bits per heavy atom. The summed E-state index contributed by atoms with van der Waals surface area (Å²) in [4.78, 5) is 30.7. The SMILES string of the molecule is C[C@H](O)C(=O)N(C)[C@H]1c2ccccc2C[C@H]1NC(=O)c1cc2cc(Cl)sc2[nH]1. The molecule has 0 saturated carbocycles. The van der Waals surface area contributed by atoms with Gasteiger partial charge in [0, 0.05) is 12.4 Å². The highest BCUT2D eigenvalue weighted by molar-refractivity contribution is 7.22. The van der Waals surface area contributed by atoms with Crippen LogP contribution in [0.15, 0.2) is 36.4 Å². The molecule has 0 saturated heterocycles. The van der Waals surface area contributed by atoms with Crippen molar-refractivity contribution in [3.05, 3.63) is 57.6 Å². The van der Waals surface area contributed by atoms with Crippen LogP contribution in [-0.2, 0) is 11.2 Å². The van der Waals surface area contributed by atoms with Gasteiger partial charge in [0.1, 0.15) is 16.6 Å². The van der Waals surface area contributed by atoms with Crippen LogP contribution >= 0.6 is 22.9 Å². The lowest BCUT2D eigenvalue weighted by Gasteiger charge is -2.31. The van der Waals surface area contributed by atoms with Gasteiger partial charge in [0.15, 0.2) is 0 Å². The number of hydrogen-bond acceptors (Lipinski definition) is 4. The van der Waals surface area contributed by atoms with Crippen molar-refractivity contribution in [2.75, 3.05) is 7.05 Å². The number of likely N-dealkylation sites (N-methyl/N-ethyl adjacent to an activating group) is 1. The van der Waals surface area contributed by atoms with Gasteiger partial charge in [-0.2, -0.15) is 0 Å². The van der Waals surface area contributed by atoms with Gasteiger partial charge < -0.3 is 20.3 Å². The van der Waals surface area contributed by atoms with Gasteiger partial charge in [-0.3, -0.25) is 9.59 Å². The Labute approximate surface area is 171 Å². The van der Waals surface area contributed by atoms with Gasteiger partial charge >= 0.3 is 0 Å². The van der Waals surface area contributed by atoms with E-state index >= 15 is 0 Å². The van der Waals surface area contributed by atoms with Gasteiger partial charge in [-0.25, -0.2) is 0 Å². The Kier molecular flexibility index (Phi) is 4.91. The van der Waals surface area contributed by atoms with Crippen LogP contribution in [0.5, 0.6) is 0 Å². The first-order valence-corrected chi connectivity index (χ1v) is 10.2. The maximum absolute atomic E-state index is 12.9. The number of nitrogens with one attached hydrogen (secondary N) is 2. The third kappa shape index (κ3) is 3.30. The minimum absolute atomic E-state index is 0.236. The number of aromatic nitrogens is 1. The molecular formula is C20H20ClN3O3S. The zero-order chi connectivity index (χ0) is 20.0. The lowest BCUT2D eigenvalue weighted by molar-refractivity contribution is -0.140. The number of carbonyl (C=O) groups is 2. The standard InChI is InChI=1S/C20H20ClN3O3S/c1-10(25)20(27)24(2)17-13-6-4-3-5-11(13)7-14(17)22-18(26)15-8-12-9-16(21)28-19(12)23-15/h3-6,8-10,14,17,23,25H,7H2,1-2H3,(H,22,26)/t10-,14+,17-/m0/s1. The van der Waals surface area contributed by atoms with E-state index in [1.54, 1.807) is 13.1 Å². The number of aromatic amines is 1. The van der Waals surface area contributed by atoms with E-state index in [0.29, 0.717) is 16.5 Å². The number of halogens is 1. The summed E-state index contributed by atoms with van der Waals surface area (Å²) >= 11 is 7.38. The molecule has 6 nitrogen and oxygen atoms in total. The van der Waals surface area contributed by atoms with Crippen molar-refractivity contribution in [3.8, 4) is 0 Å². The summed E-state index contributed by atoms with van der Waals surface area (Å²) in [6, 6.07) is 10.8. The highest BCUT2D eigenvalue weighted by Crippen LogP contribution is 2.36. The third-order valence-electron chi connectivity index (χ3n) is 5.16. The van der Waals surface area contributed by atoms with Crippen LogP contribution in [0.1, 0.15) is 34.6 Å². The molecule has 3 atom stereocenters. The summed E-state index contributed by atoms with van der Waals surface area (Å²) in [5, 5.41) is 13.7. The maximum atomic E-state index is 12.9. The lowest BCUT2D eigenvalue weighted by atomic mass is 10.0. The molecule has 0 spiro atoms. The van der Waals surface area contributed by atoms with Gasteiger partial charge in [-0.15, -0.1) is 11.3 Å². The molecule has 0 unspecified atom stereocenters. The zero-order valence-electron chi connectivity index (χ0n) is 15.4. The average molecular weight is 418 g/mol. The molecule has 0 fully saturated rings. The number of fused-ring (bicyclic) bond motifs is 2. The summed E-state index contributed by atoms with van der Waals surface area (Å²) < 4.78 is 0.665. The second-order valence-corrected chi connectivity index (χ2v) is 8.75. The van der Waals surface area contributed by atoms with Gasteiger partial charge in [-0.1, -0.05) is 35.9 Å². The van der Waals surface area contributed by atoms with Crippen LogP contribution in [-0.4, -0.2) is 46.0 Å². The molecule has 8 heteroatoms. The van der Waals surface area contributed by atoms with Crippen molar-refractivity contribution in [1.82, 2.24) is 15.2 Å². The zero-order valence-corrected chi connectivity index (χ0v) is 17.0. The number of thiophene rings is 1. The largest absolute Gasteiger partial charge is 0.384 e. The van der Waals surface area contributed by atoms with Crippen LogP contribution in [0.2, 0.25) is 4.34 Å². The Hall–Kier alpha value is -2.35. The van der Waals surface area contributed by atoms with Crippen molar-refractivity contribution in [2.45, 2.75) is 31.5 Å². The maximum Gasteiger partial charge on any atom is 0.268 e. The Balaban J connectivity index is 1.60. The van der Waals surface area contributed by atoms with Crippen molar-refractivity contribution in [1.29, 1.82) is 0 Å². The summed E-state index contributed by atoms with van der Waals surface area (Å²) in [6.45, 7) is 1.45. The van der Waals surface area contributed by atoms with Gasteiger partial charge in [0.05, 0.1) is 16.4 Å². The van der Waals surface area contributed by atoms with Crippen LogP contribution in [0.3, 0.4) is 0 Å². The lowest BCUT2D eigenvalue weighted by Crippen LogP contribution is -2.47. The average Bonchev–Trinajstić information content (AvgIpc) is 3.30. The van der Waals surface area contributed by atoms with Gasteiger partial charge in [0.2, 0.25) is 0 Å². The van der Waals surface area contributed by atoms with Crippen molar-refractivity contribution in [2.24, 2.45) is 0 Å². The third-order valence-corrected chi connectivity index (χ3v) is 6.35. The van der Waals surface area contributed by atoms with Crippen LogP contribution in [0, 0.1) is 0 Å². The number of rotatable bonds is 4.